The maximum Gasteiger partial charge on any atom is 0.337 e. The number of rotatable bonds is 4. The first-order chi connectivity index (χ1) is 15.7. The molecular weight excluding hydrogens is 429 g/mol. The van der Waals surface area contributed by atoms with Crippen LogP contribution in [-0.2, 0) is 9.59 Å². The lowest BCUT2D eigenvalue weighted by Crippen LogP contribution is -2.54. The zero-order valence-corrected chi connectivity index (χ0v) is 17.6. The van der Waals surface area contributed by atoms with E-state index < -0.39 is 29.6 Å². The molecule has 1 fully saturated rings. The van der Waals surface area contributed by atoms with Gasteiger partial charge in [-0.1, -0.05) is 18.2 Å². The molecule has 2 aromatic carbocycles. The number of aryl methyl sites for hydroxylation is 1. The van der Waals surface area contributed by atoms with Crippen LogP contribution in [0.2, 0.25) is 0 Å². The molecule has 33 heavy (non-hydrogen) atoms. The summed E-state index contributed by atoms with van der Waals surface area (Å²) in [5.74, 6) is -3.52. The number of nitrogens with zero attached hydrogens (tertiary/aromatic N) is 2. The monoisotopic (exact) mass is 447 g/mol. The number of carbonyl (C=O) groups is 4. The third-order valence-electron chi connectivity index (χ3n) is 5.31. The summed E-state index contributed by atoms with van der Waals surface area (Å²) < 4.78 is 15.4. The van der Waals surface area contributed by atoms with Crippen molar-refractivity contribution in [1.29, 1.82) is 0 Å². The predicted molar refractivity (Wildman–Crippen MR) is 118 cm³/mol. The molecule has 8 nitrogen and oxygen atoms in total. The third-order valence-corrected chi connectivity index (χ3v) is 5.31. The lowest BCUT2D eigenvalue weighted by atomic mass is 10.1. The number of carboxylic acid groups (broad SMARTS) is 1. The van der Waals surface area contributed by atoms with Gasteiger partial charge in [-0.2, -0.15) is 0 Å². The van der Waals surface area contributed by atoms with Crippen LogP contribution in [0.3, 0.4) is 0 Å². The molecule has 1 aliphatic heterocycles. The van der Waals surface area contributed by atoms with Gasteiger partial charge >= 0.3 is 12.0 Å². The topological polar surface area (TPSA) is 109 Å². The number of imide groups is 2. The van der Waals surface area contributed by atoms with Crippen molar-refractivity contribution in [1.82, 2.24) is 9.88 Å². The number of urea groups is 1. The van der Waals surface area contributed by atoms with Crippen molar-refractivity contribution in [2.24, 2.45) is 0 Å². The number of anilines is 1. The van der Waals surface area contributed by atoms with Gasteiger partial charge in [-0.25, -0.2) is 18.9 Å². The Morgan fingerprint density at radius 1 is 1.03 bits per heavy atom. The number of hydrogen-bond donors (Lipinski definition) is 2. The first kappa shape index (κ1) is 21.7. The summed E-state index contributed by atoms with van der Waals surface area (Å²) in [5, 5.41) is 11.6. The molecular formula is C24H18FN3O5. The van der Waals surface area contributed by atoms with E-state index in [0.717, 1.165) is 6.07 Å². The molecule has 0 spiro atoms. The number of carbonyl (C=O) groups excluding carboxylic acids is 3. The van der Waals surface area contributed by atoms with Gasteiger partial charge in [-0.3, -0.25) is 14.9 Å². The zero-order valence-electron chi connectivity index (χ0n) is 17.6. The first-order valence-electron chi connectivity index (χ1n) is 9.87. The second kappa shape index (κ2) is 8.19. The number of halogens is 1. The van der Waals surface area contributed by atoms with Gasteiger partial charge in [0.15, 0.2) is 0 Å². The number of amides is 4. The van der Waals surface area contributed by atoms with Crippen LogP contribution in [0.25, 0.3) is 11.8 Å². The fourth-order valence-corrected chi connectivity index (χ4v) is 3.82. The van der Waals surface area contributed by atoms with E-state index >= 15 is 0 Å². The van der Waals surface area contributed by atoms with Crippen LogP contribution in [0.5, 0.6) is 0 Å². The van der Waals surface area contributed by atoms with E-state index in [0.29, 0.717) is 27.5 Å². The highest BCUT2D eigenvalue weighted by Gasteiger charge is 2.37. The van der Waals surface area contributed by atoms with E-state index in [9.17, 15) is 28.7 Å². The molecule has 3 aromatic rings. The van der Waals surface area contributed by atoms with Crippen LogP contribution in [0.1, 0.15) is 27.3 Å². The number of barbiturate groups is 1. The van der Waals surface area contributed by atoms with Gasteiger partial charge in [-0.15, -0.1) is 0 Å². The van der Waals surface area contributed by atoms with Crippen molar-refractivity contribution in [3.05, 3.63) is 88.5 Å². The number of benzene rings is 2. The maximum absolute atomic E-state index is 13.7. The minimum absolute atomic E-state index is 0.0169. The SMILES string of the molecule is Cc1cc(/C=C2\C(=O)NC(=O)N(c3cccc(F)c3)C2=O)c(C)n1-c1ccccc1C(=O)O. The molecule has 0 bridgehead atoms. The molecule has 0 saturated carbocycles. The third kappa shape index (κ3) is 3.80. The number of carboxylic acids is 1. The number of aromatic nitrogens is 1. The van der Waals surface area contributed by atoms with Crippen LogP contribution < -0.4 is 10.2 Å². The first-order valence-corrected chi connectivity index (χ1v) is 9.87. The van der Waals surface area contributed by atoms with Crippen LogP contribution in [-0.4, -0.2) is 33.5 Å². The van der Waals surface area contributed by atoms with Crippen LogP contribution in [0.15, 0.2) is 60.2 Å². The van der Waals surface area contributed by atoms with E-state index in [1.165, 1.54) is 30.3 Å². The normalized spacial score (nSPS) is 15.2. The highest BCUT2D eigenvalue weighted by molar-refractivity contribution is 6.39. The lowest BCUT2D eigenvalue weighted by Gasteiger charge is -2.26. The van der Waals surface area contributed by atoms with Crippen molar-refractivity contribution in [3.63, 3.8) is 0 Å². The Morgan fingerprint density at radius 2 is 1.76 bits per heavy atom. The Morgan fingerprint density at radius 3 is 2.45 bits per heavy atom. The largest absolute Gasteiger partial charge is 0.478 e. The fourth-order valence-electron chi connectivity index (χ4n) is 3.82. The van der Waals surface area contributed by atoms with E-state index in [-0.39, 0.29) is 16.8 Å². The van der Waals surface area contributed by atoms with Crippen molar-refractivity contribution >= 4 is 35.6 Å². The summed E-state index contributed by atoms with van der Waals surface area (Å²) in [6.07, 6.45) is 1.33. The summed E-state index contributed by atoms with van der Waals surface area (Å²) >= 11 is 0. The molecule has 0 aliphatic carbocycles. The van der Waals surface area contributed by atoms with Gasteiger partial charge in [0.25, 0.3) is 11.8 Å². The Hall–Kier alpha value is -4.53. The fraction of sp³-hybridized carbons (Fsp3) is 0.0833. The predicted octanol–water partition coefficient (Wildman–Crippen LogP) is 3.60. The van der Waals surface area contributed by atoms with Gasteiger partial charge in [0.05, 0.1) is 16.9 Å². The van der Waals surface area contributed by atoms with Crippen LogP contribution in [0, 0.1) is 19.7 Å². The highest BCUT2D eigenvalue weighted by Crippen LogP contribution is 2.27. The summed E-state index contributed by atoms with van der Waals surface area (Å²) in [4.78, 5) is 50.2. The number of hydrogen-bond acceptors (Lipinski definition) is 4. The van der Waals surface area contributed by atoms with Crippen molar-refractivity contribution in [3.8, 4) is 5.69 Å². The Kier molecular flexibility index (Phi) is 5.39. The molecule has 166 valence electrons. The second-order valence-electron chi connectivity index (χ2n) is 7.42. The molecule has 0 unspecified atom stereocenters. The molecule has 1 aromatic heterocycles. The molecule has 1 saturated heterocycles. The van der Waals surface area contributed by atoms with Crippen molar-refractivity contribution in [2.45, 2.75) is 13.8 Å². The molecule has 2 N–H and O–H groups in total. The minimum Gasteiger partial charge on any atom is -0.478 e. The zero-order chi connectivity index (χ0) is 23.9. The molecule has 9 heteroatoms. The molecule has 4 amide bonds. The van der Waals surface area contributed by atoms with Gasteiger partial charge in [0, 0.05) is 11.4 Å². The average molecular weight is 447 g/mol. The van der Waals surface area contributed by atoms with E-state index in [2.05, 4.69) is 5.32 Å². The quantitative estimate of drug-likeness (QED) is 0.469. The second-order valence-corrected chi connectivity index (χ2v) is 7.42. The minimum atomic E-state index is -1.09. The van der Waals surface area contributed by atoms with Gasteiger partial charge in [0.1, 0.15) is 11.4 Å². The van der Waals surface area contributed by atoms with Gasteiger partial charge < -0.3 is 9.67 Å². The maximum atomic E-state index is 13.7. The molecule has 0 atom stereocenters. The number of nitrogens with one attached hydrogen (secondary N) is 1. The average Bonchev–Trinajstić information content (AvgIpc) is 3.03. The molecule has 2 heterocycles. The standard InChI is InChI=1S/C24H18FN3O5/c1-13-10-15(14(2)27(13)20-9-4-3-8-18(20)23(31)32)11-19-21(29)26-24(33)28(22(19)30)17-7-5-6-16(25)12-17/h3-12H,1-2H3,(H,31,32)(H,26,29,33)/b19-11+. The van der Waals surface area contributed by atoms with Crippen molar-refractivity contribution < 1.29 is 28.7 Å². The Labute approximate surface area is 187 Å². The van der Waals surface area contributed by atoms with E-state index in [1.54, 1.807) is 42.7 Å². The van der Waals surface area contributed by atoms with Gasteiger partial charge in [0.2, 0.25) is 0 Å². The highest BCUT2D eigenvalue weighted by atomic mass is 19.1. The molecule has 0 radical (unpaired) electrons. The van der Waals surface area contributed by atoms with Crippen LogP contribution >= 0.6 is 0 Å². The molecule has 1 aliphatic rings. The lowest BCUT2D eigenvalue weighted by molar-refractivity contribution is -0.122. The summed E-state index contributed by atoms with van der Waals surface area (Å²) in [6, 6.07) is 12.1. The summed E-state index contributed by atoms with van der Waals surface area (Å²) in [5.41, 5.74) is 1.94. The van der Waals surface area contributed by atoms with Crippen LogP contribution in [0.4, 0.5) is 14.9 Å². The van der Waals surface area contributed by atoms with E-state index in [1.807, 2.05) is 0 Å². The smallest absolute Gasteiger partial charge is 0.337 e. The van der Waals surface area contributed by atoms with Gasteiger partial charge in [-0.05, 0) is 61.9 Å². The number of aromatic carboxylic acids is 1. The summed E-state index contributed by atoms with van der Waals surface area (Å²) in [6.45, 7) is 3.48. The van der Waals surface area contributed by atoms with E-state index in [4.69, 9.17) is 0 Å². The molecule has 4 rings (SSSR count). The van der Waals surface area contributed by atoms with Crippen molar-refractivity contribution in [2.75, 3.05) is 4.90 Å². The Bertz CT molecular complexity index is 1370. The Balaban J connectivity index is 1.80. The number of para-hydroxylation sites is 1. The summed E-state index contributed by atoms with van der Waals surface area (Å²) in [7, 11) is 0.